The molecular weight excluding hydrogens is 264 g/mol. The molecule has 3 nitrogen and oxygen atoms in total. The second-order valence-electron chi connectivity index (χ2n) is 5.42. The van der Waals surface area contributed by atoms with Crippen molar-refractivity contribution in [1.82, 2.24) is 0 Å². The summed E-state index contributed by atoms with van der Waals surface area (Å²) < 4.78 is 11.7. The van der Waals surface area contributed by atoms with Crippen LogP contribution in [0.4, 0.5) is 0 Å². The van der Waals surface area contributed by atoms with Crippen molar-refractivity contribution in [3.8, 4) is 11.5 Å². The SMILES string of the molecule is CC(=O)c1ccc(C)cc1OCC1Cc2ccccc2O1. The van der Waals surface area contributed by atoms with E-state index >= 15 is 0 Å². The Morgan fingerprint density at radius 1 is 1.29 bits per heavy atom. The summed E-state index contributed by atoms with van der Waals surface area (Å²) in [6.45, 7) is 3.98. The first kappa shape index (κ1) is 13.7. The maximum Gasteiger partial charge on any atom is 0.163 e. The van der Waals surface area contributed by atoms with Crippen LogP contribution in [0, 0.1) is 6.92 Å². The Hall–Kier alpha value is -2.29. The van der Waals surface area contributed by atoms with Gasteiger partial charge in [0.15, 0.2) is 5.78 Å². The fourth-order valence-electron chi connectivity index (χ4n) is 2.57. The molecule has 0 radical (unpaired) electrons. The summed E-state index contributed by atoms with van der Waals surface area (Å²) in [6, 6.07) is 13.7. The number of ketones is 1. The fraction of sp³-hybridized carbons (Fsp3) is 0.278. The zero-order valence-electron chi connectivity index (χ0n) is 12.3. The molecule has 1 atom stereocenters. The molecule has 0 bridgehead atoms. The van der Waals surface area contributed by atoms with Gasteiger partial charge in [-0.3, -0.25) is 4.79 Å². The Bertz CT molecular complexity index is 651. The van der Waals surface area contributed by atoms with E-state index in [0.717, 1.165) is 17.7 Å². The lowest BCUT2D eigenvalue weighted by molar-refractivity contribution is 0.100. The van der Waals surface area contributed by atoms with Crippen molar-refractivity contribution in [1.29, 1.82) is 0 Å². The van der Waals surface area contributed by atoms with Crippen LogP contribution in [0.2, 0.25) is 0 Å². The van der Waals surface area contributed by atoms with Crippen molar-refractivity contribution in [2.45, 2.75) is 26.4 Å². The van der Waals surface area contributed by atoms with Gasteiger partial charge in [-0.1, -0.05) is 24.3 Å². The highest BCUT2D eigenvalue weighted by molar-refractivity contribution is 5.96. The van der Waals surface area contributed by atoms with Gasteiger partial charge in [-0.25, -0.2) is 0 Å². The van der Waals surface area contributed by atoms with E-state index < -0.39 is 0 Å². The van der Waals surface area contributed by atoms with E-state index in [0.29, 0.717) is 17.9 Å². The number of para-hydroxylation sites is 1. The molecule has 3 heteroatoms. The number of ether oxygens (including phenoxy) is 2. The highest BCUT2D eigenvalue weighted by Gasteiger charge is 2.23. The highest BCUT2D eigenvalue weighted by Crippen LogP contribution is 2.29. The Morgan fingerprint density at radius 2 is 2.10 bits per heavy atom. The average molecular weight is 282 g/mol. The third-order valence-corrected chi connectivity index (χ3v) is 3.65. The summed E-state index contributed by atoms with van der Waals surface area (Å²) in [6.07, 6.45) is 0.847. The van der Waals surface area contributed by atoms with E-state index in [1.807, 2.05) is 43.3 Å². The van der Waals surface area contributed by atoms with Crippen LogP contribution in [0.3, 0.4) is 0 Å². The molecule has 2 aromatic rings. The molecule has 1 unspecified atom stereocenters. The molecule has 0 N–H and O–H groups in total. The summed E-state index contributed by atoms with van der Waals surface area (Å²) in [5.74, 6) is 1.59. The smallest absolute Gasteiger partial charge is 0.163 e. The number of aryl methyl sites for hydroxylation is 1. The third-order valence-electron chi connectivity index (χ3n) is 3.65. The summed E-state index contributed by atoms with van der Waals surface area (Å²) in [4.78, 5) is 11.6. The largest absolute Gasteiger partial charge is 0.489 e. The van der Waals surface area contributed by atoms with Crippen LogP contribution < -0.4 is 9.47 Å². The quantitative estimate of drug-likeness (QED) is 0.804. The number of rotatable bonds is 4. The van der Waals surface area contributed by atoms with Crippen molar-refractivity contribution in [2.75, 3.05) is 6.61 Å². The van der Waals surface area contributed by atoms with Gasteiger partial charge >= 0.3 is 0 Å². The summed E-state index contributed by atoms with van der Waals surface area (Å²) in [5.41, 5.74) is 2.91. The van der Waals surface area contributed by atoms with Crippen LogP contribution in [-0.2, 0) is 6.42 Å². The zero-order valence-corrected chi connectivity index (χ0v) is 12.3. The number of Topliss-reactive ketones (excluding diaryl/α,β-unsaturated/α-hetero) is 1. The van der Waals surface area contributed by atoms with Gasteiger partial charge in [0.25, 0.3) is 0 Å². The van der Waals surface area contributed by atoms with Gasteiger partial charge in [-0.05, 0) is 43.2 Å². The molecule has 1 aliphatic rings. The van der Waals surface area contributed by atoms with E-state index in [2.05, 4.69) is 6.07 Å². The van der Waals surface area contributed by atoms with E-state index in [9.17, 15) is 4.79 Å². The van der Waals surface area contributed by atoms with Crippen LogP contribution >= 0.6 is 0 Å². The molecule has 0 aromatic heterocycles. The van der Waals surface area contributed by atoms with Crippen molar-refractivity contribution >= 4 is 5.78 Å². The van der Waals surface area contributed by atoms with Gasteiger partial charge in [0.2, 0.25) is 0 Å². The molecule has 0 aliphatic carbocycles. The Kier molecular flexibility index (Phi) is 3.65. The Balaban J connectivity index is 1.69. The van der Waals surface area contributed by atoms with Crippen LogP contribution in [0.25, 0.3) is 0 Å². The summed E-state index contributed by atoms with van der Waals surface area (Å²) in [7, 11) is 0. The van der Waals surface area contributed by atoms with Crippen molar-refractivity contribution in [3.63, 3.8) is 0 Å². The number of hydrogen-bond acceptors (Lipinski definition) is 3. The fourth-order valence-corrected chi connectivity index (χ4v) is 2.57. The van der Waals surface area contributed by atoms with Crippen molar-refractivity contribution in [2.24, 2.45) is 0 Å². The number of carbonyl (C=O) groups excluding carboxylic acids is 1. The number of hydrogen-bond donors (Lipinski definition) is 0. The van der Waals surface area contributed by atoms with Crippen LogP contribution in [-0.4, -0.2) is 18.5 Å². The van der Waals surface area contributed by atoms with Gasteiger partial charge in [0, 0.05) is 6.42 Å². The average Bonchev–Trinajstić information content (AvgIpc) is 2.87. The maximum atomic E-state index is 11.6. The molecule has 1 heterocycles. The standard InChI is InChI=1S/C18H18O3/c1-12-7-8-16(13(2)19)18(9-12)20-11-15-10-14-5-3-4-6-17(14)21-15/h3-9,15H,10-11H2,1-2H3. The summed E-state index contributed by atoms with van der Waals surface area (Å²) in [5, 5.41) is 0. The minimum Gasteiger partial charge on any atom is -0.489 e. The van der Waals surface area contributed by atoms with Crippen molar-refractivity contribution in [3.05, 3.63) is 59.2 Å². The van der Waals surface area contributed by atoms with Crippen LogP contribution in [0.5, 0.6) is 11.5 Å². The molecule has 3 rings (SSSR count). The lowest BCUT2D eigenvalue weighted by atomic mass is 10.1. The lowest BCUT2D eigenvalue weighted by Crippen LogP contribution is -2.23. The van der Waals surface area contributed by atoms with E-state index in [1.54, 1.807) is 6.92 Å². The van der Waals surface area contributed by atoms with Crippen LogP contribution in [0.1, 0.15) is 28.4 Å². The van der Waals surface area contributed by atoms with Gasteiger partial charge in [-0.2, -0.15) is 0 Å². The monoisotopic (exact) mass is 282 g/mol. The first-order chi connectivity index (χ1) is 10.1. The second-order valence-corrected chi connectivity index (χ2v) is 5.42. The van der Waals surface area contributed by atoms with Gasteiger partial charge in [0.05, 0.1) is 5.56 Å². The molecule has 1 aliphatic heterocycles. The third kappa shape index (κ3) is 2.92. The first-order valence-corrected chi connectivity index (χ1v) is 7.12. The molecule has 0 saturated carbocycles. The molecule has 21 heavy (non-hydrogen) atoms. The molecule has 0 saturated heterocycles. The minimum atomic E-state index is 0.00252. The molecule has 0 fully saturated rings. The predicted octanol–water partition coefficient (Wildman–Crippen LogP) is 3.58. The minimum absolute atomic E-state index is 0.00252. The molecular formula is C18H18O3. The number of carbonyl (C=O) groups is 1. The van der Waals surface area contributed by atoms with Gasteiger partial charge in [0.1, 0.15) is 24.2 Å². The first-order valence-electron chi connectivity index (χ1n) is 7.12. The number of benzene rings is 2. The molecule has 0 spiro atoms. The van der Waals surface area contributed by atoms with Crippen molar-refractivity contribution < 1.29 is 14.3 Å². The highest BCUT2D eigenvalue weighted by atomic mass is 16.5. The van der Waals surface area contributed by atoms with Crippen LogP contribution in [0.15, 0.2) is 42.5 Å². The maximum absolute atomic E-state index is 11.6. The molecule has 0 amide bonds. The lowest BCUT2D eigenvalue weighted by Gasteiger charge is -2.14. The predicted molar refractivity (Wildman–Crippen MR) is 81.2 cm³/mol. The second kappa shape index (κ2) is 5.60. The molecule has 2 aromatic carbocycles. The summed E-state index contributed by atoms with van der Waals surface area (Å²) >= 11 is 0. The topological polar surface area (TPSA) is 35.5 Å². The Morgan fingerprint density at radius 3 is 2.86 bits per heavy atom. The van der Waals surface area contributed by atoms with E-state index in [4.69, 9.17) is 9.47 Å². The van der Waals surface area contributed by atoms with Gasteiger partial charge in [-0.15, -0.1) is 0 Å². The number of fused-ring (bicyclic) bond motifs is 1. The molecule has 108 valence electrons. The zero-order chi connectivity index (χ0) is 14.8. The Labute approximate surface area is 124 Å². The normalized spacial score (nSPS) is 16.2. The van der Waals surface area contributed by atoms with Gasteiger partial charge < -0.3 is 9.47 Å². The van der Waals surface area contributed by atoms with E-state index in [1.165, 1.54) is 5.56 Å². The van der Waals surface area contributed by atoms with E-state index in [-0.39, 0.29) is 11.9 Å².